The van der Waals surface area contributed by atoms with Crippen LogP contribution in [0.15, 0.2) is 54.6 Å². The number of piperidine rings is 1. The molecule has 0 unspecified atom stereocenters. The minimum absolute atomic E-state index is 0.108. The molecule has 0 aliphatic carbocycles. The van der Waals surface area contributed by atoms with Gasteiger partial charge in [0, 0.05) is 12.5 Å². The van der Waals surface area contributed by atoms with Crippen LogP contribution in [0.4, 0.5) is 5.69 Å². The first kappa shape index (κ1) is 20.5. The highest BCUT2D eigenvalue weighted by Crippen LogP contribution is 2.18. The molecule has 152 valence electrons. The van der Waals surface area contributed by atoms with Crippen molar-refractivity contribution in [3.63, 3.8) is 0 Å². The molecule has 2 aromatic carbocycles. The summed E-state index contributed by atoms with van der Waals surface area (Å²) in [4.78, 5) is 38.3. The molecule has 0 saturated carbocycles. The van der Waals surface area contributed by atoms with Crippen LogP contribution in [0.25, 0.3) is 0 Å². The number of nitrogens with one attached hydrogen (secondary N) is 2. The molecule has 0 spiro atoms. The Balaban J connectivity index is 1.55. The van der Waals surface area contributed by atoms with E-state index in [1.807, 2.05) is 35.2 Å². The summed E-state index contributed by atoms with van der Waals surface area (Å²) in [5.74, 6) is -0.814. The van der Waals surface area contributed by atoms with E-state index in [-0.39, 0.29) is 30.2 Å². The number of hydrogen-bond acceptors (Lipinski definition) is 4. The maximum Gasteiger partial charge on any atom is 0.253 e. The highest BCUT2D eigenvalue weighted by molar-refractivity contribution is 6.04. The Labute approximate surface area is 170 Å². The number of hydrogen-bond donors (Lipinski definition) is 3. The van der Waals surface area contributed by atoms with E-state index in [4.69, 9.17) is 5.73 Å². The summed E-state index contributed by atoms with van der Waals surface area (Å²) >= 11 is 0. The van der Waals surface area contributed by atoms with Crippen molar-refractivity contribution in [1.82, 2.24) is 10.2 Å². The summed E-state index contributed by atoms with van der Waals surface area (Å²) in [6.45, 7) is 1.93. The highest BCUT2D eigenvalue weighted by atomic mass is 16.2. The molecule has 0 aromatic heterocycles. The van der Waals surface area contributed by atoms with E-state index in [2.05, 4.69) is 10.6 Å². The molecule has 3 rings (SSSR count). The quantitative estimate of drug-likeness (QED) is 0.665. The molecule has 4 N–H and O–H groups in total. The van der Waals surface area contributed by atoms with Gasteiger partial charge in [-0.15, -0.1) is 0 Å². The minimum atomic E-state index is -0.274. The van der Waals surface area contributed by atoms with Crippen LogP contribution in [-0.2, 0) is 16.1 Å². The normalized spacial score (nSPS) is 14.9. The van der Waals surface area contributed by atoms with Crippen LogP contribution >= 0.6 is 0 Å². The van der Waals surface area contributed by atoms with E-state index < -0.39 is 0 Å². The second-order valence-electron chi connectivity index (χ2n) is 7.21. The van der Waals surface area contributed by atoms with Gasteiger partial charge in [-0.05, 0) is 43.6 Å². The van der Waals surface area contributed by atoms with Crippen LogP contribution < -0.4 is 16.4 Å². The minimum Gasteiger partial charge on any atom is -0.369 e. The number of nitrogens with zero attached hydrogens (tertiary/aromatic N) is 1. The Morgan fingerprint density at radius 1 is 0.966 bits per heavy atom. The Kier molecular flexibility index (Phi) is 6.97. The van der Waals surface area contributed by atoms with Crippen molar-refractivity contribution in [2.75, 3.05) is 25.0 Å². The second-order valence-corrected chi connectivity index (χ2v) is 7.21. The lowest BCUT2D eigenvalue weighted by molar-refractivity contribution is -0.123. The van der Waals surface area contributed by atoms with Crippen molar-refractivity contribution < 1.29 is 14.4 Å². The third-order valence-corrected chi connectivity index (χ3v) is 5.10. The van der Waals surface area contributed by atoms with Crippen molar-refractivity contribution in [2.45, 2.75) is 19.4 Å². The third-order valence-electron chi connectivity index (χ3n) is 5.10. The number of primary amides is 1. The van der Waals surface area contributed by atoms with Gasteiger partial charge in [0.05, 0.1) is 17.8 Å². The Bertz CT molecular complexity index is 861. The van der Waals surface area contributed by atoms with Gasteiger partial charge in [-0.2, -0.15) is 0 Å². The highest BCUT2D eigenvalue weighted by Gasteiger charge is 2.24. The van der Waals surface area contributed by atoms with Crippen LogP contribution in [0.1, 0.15) is 28.8 Å². The molecule has 0 atom stereocenters. The average Bonchev–Trinajstić information content (AvgIpc) is 2.73. The van der Waals surface area contributed by atoms with Gasteiger partial charge in [-0.3, -0.25) is 19.3 Å². The number of likely N-dealkylation sites (tertiary alicyclic amines) is 1. The first-order chi connectivity index (χ1) is 14.0. The number of anilines is 1. The molecular weight excluding hydrogens is 368 g/mol. The number of carbonyl (C=O) groups excluding carboxylic acids is 3. The zero-order valence-corrected chi connectivity index (χ0v) is 16.3. The molecule has 3 amide bonds. The molecule has 7 nitrogen and oxygen atoms in total. The van der Waals surface area contributed by atoms with Gasteiger partial charge in [0.1, 0.15) is 0 Å². The fourth-order valence-corrected chi connectivity index (χ4v) is 3.43. The zero-order chi connectivity index (χ0) is 20.6. The van der Waals surface area contributed by atoms with Crippen molar-refractivity contribution in [3.05, 3.63) is 65.7 Å². The van der Waals surface area contributed by atoms with E-state index in [1.54, 1.807) is 24.3 Å². The third kappa shape index (κ3) is 5.89. The smallest absolute Gasteiger partial charge is 0.253 e. The largest absolute Gasteiger partial charge is 0.369 e. The van der Waals surface area contributed by atoms with Gasteiger partial charge in [-0.25, -0.2) is 0 Å². The molecule has 1 aliphatic rings. The molecule has 29 heavy (non-hydrogen) atoms. The monoisotopic (exact) mass is 394 g/mol. The molecule has 1 saturated heterocycles. The van der Waals surface area contributed by atoms with Crippen molar-refractivity contribution >= 4 is 23.4 Å². The summed E-state index contributed by atoms with van der Waals surface area (Å²) in [6, 6.07) is 16.6. The first-order valence-corrected chi connectivity index (χ1v) is 9.75. The topological polar surface area (TPSA) is 105 Å². The van der Waals surface area contributed by atoms with E-state index in [0.717, 1.165) is 5.56 Å². The molecule has 0 bridgehead atoms. The number of rotatable bonds is 7. The molecule has 2 aromatic rings. The van der Waals surface area contributed by atoms with Crippen LogP contribution in [0, 0.1) is 5.92 Å². The van der Waals surface area contributed by atoms with Crippen LogP contribution in [0.3, 0.4) is 0 Å². The maximum atomic E-state index is 12.6. The molecule has 1 heterocycles. The van der Waals surface area contributed by atoms with Crippen LogP contribution in [0.5, 0.6) is 0 Å². The van der Waals surface area contributed by atoms with E-state index >= 15 is 0 Å². The van der Waals surface area contributed by atoms with E-state index in [9.17, 15) is 14.4 Å². The Morgan fingerprint density at radius 3 is 2.31 bits per heavy atom. The van der Waals surface area contributed by atoms with Gasteiger partial charge in [0.2, 0.25) is 11.8 Å². The molecule has 1 aliphatic heterocycles. The first-order valence-electron chi connectivity index (χ1n) is 9.75. The predicted octanol–water partition coefficient (Wildman–Crippen LogP) is 1.75. The molecule has 0 radical (unpaired) electrons. The van der Waals surface area contributed by atoms with Gasteiger partial charge in [0.15, 0.2) is 0 Å². The van der Waals surface area contributed by atoms with Crippen molar-refractivity contribution in [2.24, 2.45) is 11.7 Å². The summed E-state index contributed by atoms with van der Waals surface area (Å²) in [7, 11) is 0. The summed E-state index contributed by atoms with van der Waals surface area (Å²) in [6.07, 6.45) is 1.34. The molecular formula is C22H26N4O3. The lowest BCUT2D eigenvalue weighted by Crippen LogP contribution is -2.42. The lowest BCUT2D eigenvalue weighted by Gasteiger charge is -2.29. The van der Waals surface area contributed by atoms with E-state index in [0.29, 0.717) is 43.7 Å². The number of carbonyl (C=O) groups is 3. The lowest BCUT2D eigenvalue weighted by atomic mass is 9.96. The average molecular weight is 394 g/mol. The van der Waals surface area contributed by atoms with Crippen LogP contribution in [0.2, 0.25) is 0 Å². The SMILES string of the molecule is NC(=O)C1CCN(CC(=O)Nc2ccccc2C(=O)NCc2ccccc2)CC1. The Morgan fingerprint density at radius 2 is 1.62 bits per heavy atom. The van der Waals surface area contributed by atoms with Gasteiger partial charge < -0.3 is 16.4 Å². The van der Waals surface area contributed by atoms with Gasteiger partial charge >= 0.3 is 0 Å². The zero-order valence-electron chi connectivity index (χ0n) is 16.3. The second kappa shape index (κ2) is 9.84. The fourth-order valence-electron chi connectivity index (χ4n) is 3.43. The summed E-state index contributed by atoms with van der Waals surface area (Å²) < 4.78 is 0. The summed E-state index contributed by atoms with van der Waals surface area (Å²) in [5.41, 5.74) is 7.25. The number of para-hydroxylation sites is 1. The summed E-state index contributed by atoms with van der Waals surface area (Å²) in [5, 5.41) is 5.72. The maximum absolute atomic E-state index is 12.6. The van der Waals surface area contributed by atoms with Crippen molar-refractivity contribution in [3.8, 4) is 0 Å². The van der Waals surface area contributed by atoms with Gasteiger partial charge in [-0.1, -0.05) is 42.5 Å². The standard InChI is InChI=1S/C22H26N4O3/c23-21(28)17-10-12-26(13-11-17)15-20(27)25-19-9-5-4-8-18(19)22(29)24-14-16-6-2-1-3-7-16/h1-9,17H,10-15H2,(H2,23,28)(H,24,29)(H,25,27). The number of benzene rings is 2. The van der Waals surface area contributed by atoms with Crippen molar-refractivity contribution in [1.29, 1.82) is 0 Å². The Hall–Kier alpha value is -3.19. The number of amides is 3. The van der Waals surface area contributed by atoms with E-state index in [1.165, 1.54) is 0 Å². The number of nitrogens with two attached hydrogens (primary N) is 1. The predicted molar refractivity (Wildman–Crippen MR) is 111 cm³/mol. The van der Waals surface area contributed by atoms with Gasteiger partial charge in [0.25, 0.3) is 5.91 Å². The molecule has 1 fully saturated rings. The fraction of sp³-hybridized carbons (Fsp3) is 0.318. The van der Waals surface area contributed by atoms with Crippen LogP contribution in [-0.4, -0.2) is 42.3 Å². The molecule has 7 heteroatoms.